The van der Waals surface area contributed by atoms with E-state index in [1.54, 1.807) is 19.2 Å². The molecule has 0 aliphatic carbocycles. The molecule has 1 atom stereocenters. The maximum Gasteiger partial charge on any atom is 0.335 e. The molecule has 126 valence electrons. The zero-order chi connectivity index (χ0) is 16.5. The van der Waals surface area contributed by atoms with E-state index in [1.165, 1.54) is 0 Å². The maximum absolute atomic E-state index is 11.6. The Hall–Kier alpha value is -2.28. The predicted octanol–water partition coefficient (Wildman–Crippen LogP) is 0.912. The van der Waals surface area contributed by atoms with Gasteiger partial charge in [-0.15, -0.1) is 0 Å². The maximum atomic E-state index is 11.6. The number of rotatable bonds is 8. The average molecular weight is 323 g/mol. The van der Waals surface area contributed by atoms with Gasteiger partial charge in [0, 0.05) is 6.61 Å². The Kier molecular flexibility index (Phi) is 6.68. The molecule has 0 radical (unpaired) electrons. The largest absolute Gasteiger partial charge is 0.493 e. The lowest BCUT2D eigenvalue weighted by atomic mass is 10.2. The number of benzene rings is 1. The Labute approximate surface area is 134 Å². The van der Waals surface area contributed by atoms with Gasteiger partial charge in [-0.2, -0.15) is 0 Å². The first kappa shape index (κ1) is 17.1. The number of carbonyl (C=O) groups excluding carboxylic acids is 2. The Morgan fingerprint density at radius 1 is 1.30 bits per heavy atom. The second-order valence-corrected chi connectivity index (χ2v) is 4.96. The minimum absolute atomic E-state index is 0.284. The molecule has 1 fully saturated rings. The first-order valence-electron chi connectivity index (χ1n) is 7.51. The van der Waals surface area contributed by atoms with E-state index in [9.17, 15) is 9.59 Å². The fourth-order valence-electron chi connectivity index (χ4n) is 2.13. The summed E-state index contributed by atoms with van der Waals surface area (Å²) < 4.78 is 20.8. The lowest BCUT2D eigenvalue weighted by molar-refractivity contribution is -0.157. The summed E-state index contributed by atoms with van der Waals surface area (Å²) in [5.41, 5.74) is 0. The molecule has 0 aromatic heterocycles. The van der Waals surface area contributed by atoms with E-state index in [2.05, 4.69) is 5.32 Å². The van der Waals surface area contributed by atoms with Crippen molar-refractivity contribution in [3.63, 3.8) is 0 Å². The van der Waals surface area contributed by atoms with E-state index in [0.717, 1.165) is 6.42 Å². The first-order valence-corrected chi connectivity index (χ1v) is 7.51. The number of carbonyl (C=O) groups is 2. The van der Waals surface area contributed by atoms with Crippen molar-refractivity contribution in [2.75, 3.05) is 33.5 Å². The molecular formula is C16H21NO6. The molecule has 0 unspecified atom stereocenters. The van der Waals surface area contributed by atoms with Crippen molar-refractivity contribution in [2.24, 2.45) is 0 Å². The van der Waals surface area contributed by atoms with Crippen molar-refractivity contribution in [2.45, 2.75) is 18.9 Å². The minimum atomic E-state index is -0.531. The molecule has 1 heterocycles. The number of hydrogen-bond donors (Lipinski definition) is 1. The topological polar surface area (TPSA) is 83.1 Å². The van der Waals surface area contributed by atoms with Gasteiger partial charge in [-0.05, 0) is 25.0 Å². The van der Waals surface area contributed by atoms with Gasteiger partial charge in [-0.3, -0.25) is 4.79 Å². The summed E-state index contributed by atoms with van der Waals surface area (Å²) in [6, 6.07) is 7.25. The second kappa shape index (κ2) is 8.99. The molecule has 2 rings (SSSR count). The Morgan fingerprint density at radius 3 is 2.78 bits per heavy atom. The summed E-state index contributed by atoms with van der Waals surface area (Å²) >= 11 is 0. The summed E-state index contributed by atoms with van der Waals surface area (Å²) in [5.74, 6) is 0.376. The Balaban J connectivity index is 1.60. The van der Waals surface area contributed by atoms with Gasteiger partial charge in [0.2, 0.25) is 0 Å². The summed E-state index contributed by atoms with van der Waals surface area (Å²) in [7, 11) is 1.56. The van der Waals surface area contributed by atoms with Crippen LogP contribution in [0.25, 0.3) is 0 Å². The predicted molar refractivity (Wildman–Crippen MR) is 81.4 cm³/mol. The molecule has 1 N–H and O–H groups in total. The van der Waals surface area contributed by atoms with E-state index in [4.69, 9.17) is 18.9 Å². The van der Waals surface area contributed by atoms with Gasteiger partial charge >= 0.3 is 5.97 Å². The van der Waals surface area contributed by atoms with Crippen LogP contribution in [0.3, 0.4) is 0 Å². The van der Waals surface area contributed by atoms with Crippen LogP contribution in [-0.2, 0) is 19.1 Å². The Morgan fingerprint density at radius 2 is 2.09 bits per heavy atom. The fourth-order valence-corrected chi connectivity index (χ4v) is 2.13. The molecule has 1 saturated heterocycles. The molecule has 7 nitrogen and oxygen atoms in total. The quantitative estimate of drug-likeness (QED) is 0.566. The summed E-state index contributed by atoms with van der Waals surface area (Å²) in [4.78, 5) is 23.2. The smallest absolute Gasteiger partial charge is 0.335 e. The van der Waals surface area contributed by atoms with Crippen molar-refractivity contribution < 1.29 is 28.5 Å². The zero-order valence-electron chi connectivity index (χ0n) is 13.1. The molecule has 1 amide bonds. The molecule has 1 aromatic carbocycles. The van der Waals surface area contributed by atoms with Gasteiger partial charge in [0.1, 0.15) is 6.61 Å². The zero-order valence-corrected chi connectivity index (χ0v) is 13.1. The third-order valence-electron chi connectivity index (χ3n) is 3.29. The standard InChI is InChI=1S/C16H21NO6/c1-20-12-5-2-3-6-13(12)22-10-8-17-15(18)11-23-16(19)14-7-4-9-21-14/h2-3,5-6,14H,4,7-11H2,1H3,(H,17,18)/t14-/m1/s1. The van der Waals surface area contributed by atoms with E-state index in [1.807, 2.05) is 12.1 Å². The summed E-state index contributed by atoms with van der Waals surface area (Å²) in [5, 5.41) is 2.61. The monoisotopic (exact) mass is 323 g/mol. The number of amides is 1. The number of para-hydroxylation sites is 2. The molecule has 0 saturated carbocycles. The number of nitrogens with one attached hydrogen (secondary N) is 1. The molecule has 0 spiro atoms. The van der Waals surface area contributed by atoms with Crippen molar-refractivity contribution in [3.8, 4) is 11.5 Å². The Bertz CT molecular complexity index is 527. The minimum Gasteiger partial charge on any atom is -0.493 e. The summed E-state index contributed by atoms with van der Waals surface area (Å²) in [6.45, 7) is 0.833. The third-order valence-corrected chi connectivity index (χ3v) is 3.29. The normalized spacial score (nSPS) is 16.7. The second-order valence-electron chi connectivity index (χ2n) is 4.96. The van der Waals surface area contributed by atoms with Crippen LogP contribution in [0.5, 0.6) is 11.5 Å². The SMILES string of the molecule is COc1ccccc1OCCNC(=O)COC(=O)[C@H]1CCCO1. The van der Waals surface area contributed by atoms with Crippen LogP contribution in [0.4, 0.5) is 0 Å². The van der Waals surface area contributed by atoms with Crippen LogP contribution in [-0.4, -0.2) is 51.5 Å². The van der Waals surface area contributed by atoms with Crippen LogP contribution in [0.15, 0.2) is 24.3 Å². The molecule has 23 heavy (non-hydrogen) atoms. The van der Waals surface area contributed by atoms with E-state index < -0.39 is 12.1 Å². The summed E-state index contributed by atoms with van der Waals surface area (Å²) in [6.07, 6.45) is 0.955. The van der Waals surface area contributed by atoms with Gasteiger partial charge in [-0.25, -0.2) is 4.79 Å². The highest BCUT2D eigenvalue weighted by Crippen LogP contribution is 2.25. The van der Waals surface area contributed by atoms with E-state index >= 15 is 0 Å². The highest BCUT2D eigenvalue weighted by molar-refractivity contribution is 5.82. The fraction of sp³-hybridized carbons (Fsp3) is 0.500. The highest BCUT2D eigenvalue weighted by atomic mass is 16.6. The van der Waals surface area contributed by atoms with Crippen molar-refractivity contribution in [3.05, 3.63) is 24.3 Å². The van der Waals surface area contributed by atoms with Crippen molar-refractivity contribution in [1.29, 1.82) is 0 Å². The van der Waals surface area contributed by atoms with Crippen LogP contribution in [0.2, 0.25) is 0 Å². The number of esters is 1. The highest BCUT2D eigenvalue weighted by Gasteiger charge is 2.25. The number of methoxy groups -OCH3 is 1. The van der Waals surface area contributed by atoms with Crippen molar-refractivity contribution in [1.82, 2.24) is 5.32 Å². The molecule has 1 aromatic rings. The number of hydrogen-bond acceptors (Lipinski definition) is 6. The van der Waals surface area contributed by atoms with Gasteiger partial charge in [0.25, 0.3) is 5.91 Å². The van der Waals surface area contributed by atoms with Gasteiger partial charge in [0.05, 0.1) is 13.7 Å². The molecule has 1 aliphatic heterocycles. The van der Waals surface area contributed by atoms with Crippen LogP contribution < -0.4 is 14.8 Å². The third kappa shape index (κ3) is 5.45. The lowest BCUT2D eigenvalue weighted by Crippen LogP contribution is -2.33. The average Bonchev–Trinajstić information content (AvgIpc) is 3.11. The van der Waals surface area contributed by atoms with Gasteiger partial charge < -0.3 is 24.3 Å². The molecule has 7 heteroatoms. The van der Waals surface area contributed by atoms with Crippen molar-refractivity contribution >= 4 is 11.9 Å². The molecule has 0 bridgehead atoms. The van der Waals surface area contributed by atoms with Crippen LogP contribution in [0, 0.1) is 0 Å². The molecule has 1 aliphatic rings. The first-order chi connectivity index (χ1) is 11.2. The van der Waals surface area contributed by atoms with E-state index in [-0.39, 0.29) is 19.1 Å². The van der Waals surface area contributed by atoms with E-state index in [0.29, 0.717) is 31.1 Å². The van der Waals surface area contributed by atoms with Gasteiger partial charge in [0.15, 0.2) is 24.2 Å². The number of ether oxygens (including phenoxy) is 4. The van der Waals surface area contributed by atoms with Crippen LogP contribution >= 0.6 is 0 Å². The van der Waals surface area contributed by atoms with Crippen LogP contribution in [0.1, 0.15) is 12.8 Å². The molecular weight excluding hydrogens is 302 g/mol. The van der Waals surface area contributed by atoms with Gasteiger partial charge in [-0.1, -0.05) is 12.1 Å². The lowest BCUT2D eigenvalue weighted by Gasteiger charge is -2.11.